The van der Waals surface area contributed by atoms with Gasteiger partial charge in [-0.1, -0.05) is 11.6 Å². The van der Waals surface area contributed by atoms with Gasteiger partial charge in [0, 0.05) is 17.5 Å². The van der Waals surface area contributed by atoms with Crippen LogP contribution in [0.3, 0.4) is 0 Å². The van der Waals surface area contributed by atoms with Crippen LogP contribution in [0.15, 0.2) is 23.1 Å². The quantitative estimate of drug-likeness (QED) is 0.819. The van der Waals surface area contributed by atoms with Gasteiger partial charge in [0.25, 0.3) is 5.91 Å². The second-order valence-electron chi connectivity index (χ2n) is 4.74. The highest BCUT2D eigenvalue weighted by molar-refractivity contribution is 7.98. The maximum atomic E-state index is 12.3. The SMILES string of the molecule is CCOC1CC(N)C1NC(=O)c1cc(SC)ccc1Cl. The molecule has 1 fully saturated rings. The van der Waals surface area contributed by atoms with E-state index < -0.39 is 0 Å². The Morgan fingerprint density at radius 3 is 2.95 bits per heavy atom. The first-order valence-electron chi connectivity index (χ1n) is 6.58. The fourth-order valence-corrected chi connectivity index (χ4v) is 2.90. The third-order valence-corrected chi connectivity index (χ3v) is 4.52. The standard InChI is InChI=1S/C14H19ClN2O2S/c1-3-19-12-7-11(16)13(12)17-14(18)9-6-8(20-2)4-5-10(9)15/h4-6,11-13H,3,7,16H2,1-2H3,(H,17,18). The first-order valence-corrected chi connectivity index (χ1v) is 8.18. The molecule has 0 saturated heterocycles. The molecule has 1 aliphatic rings. The van der Waals surface area contributed by atoms with Crippen molar-refractivity contribution in [2.45, 2.75) is 36.4 Å². The zero-order valence-corrected chi connectivity index (χ0v) is 13.1. The molecule has 0 aliphatic heterocycles. The molecule has 3 atom stereocenters. The minimum absolute atomic E-state index is 0.00135. The van der Waals surface area contributed by atoms with E-state index in [1.54, 1.807) is 23.9 Å². The third kappa shape index (κ3) is 3.28. The number of hydrogen-bond donors (Lipinski definition) is 2. The summed E-state index contributed by atoms with van der Waals surface area (Å²) in [5, 5.41) is 3.37. The Bertz CT molecular complexity index is 496. The van der Waals surface area contributed by atoms with Gasteiger partial charge in [-0.15, -0.1) is 11.8 Å². The van der Waals surface area contributed by atoms with Crippen LogP contribution >= 0.6 is 23.4 Å². The van der Waals surface area contributed by atoms with Gasteiger partial charge in [-0.25, -0.2) is 0 Å². The number of carbonyl (C=O) groups is 1. The zero-order valence-electron chi connectivity index (χ0n) is 11.6. The molecule has 110 valence electrons. The monoisotopic (exact) mass is 314 g/mol. The maximum absolute atomic E-state index is 12.3. The van der Waals surface area contributed by atoms with Crippen molar-refractivity contribution >= 4 is 29.3 Å². The average Bonchev–Trinajstić information content (AvgIpc) is 2.45. The van der Waals surface area contributed by atoms with Crippen molar-refractivity contribution in [2.75, 3.05) is 12.9 Å². The second-order valence-corrected chi connectivity index (χ2v) is 6.03. The minimum Gasteiger partial charge on any atom is -0.376 e. The number of rotatable bonds is 5. The predicted octanol–water partition coefficient (Wildman–Crippen LogP) is 2.30. The van der Waals surface area contributed by atoms with Gasteiger partial charge in [-0.3, -0.25) is 4.79 Å². The van der Waals surface area contributed by atoms with Crippen molar-refractivity contribution in [3.05, 3.63) is 28.8 Å². The van der Waals surface area contributed by atoms with E-state index in [1.807, 2.05) is 19.2 Å². The summed E-state index contributed by atoms with van der Waals surface area (Å²) < 4.78 is 5.54. The van der Waals surface area contributed by atoms with Crippen molar-refractivity contribution < 1.29 is 9.53 Å². The highest BCUT2D eigenvalue weighted by Gasteiger charge is 2.40. The molecule has 1 amide bonds. The van der Waals surface area contributed by atoms with Crippen LogP contribution in [0.4, 0.5) is 0 Å². The molecule has 20 heavy (non-hydrogen) atoms. The van der Waals surface area contributed by atoms with Crippen molar-refractivity contribution in [3.8, 4) is 0 Å². The van der Waals surface area contributed by atoms with E-state index in [0.29, 0.717) is 17.2 Å². The molecule has 1 aliphatic carbocycles. The van der Waals surface area contributed by atoms with E-state index in [2.05, 4.69) is 5.32 Å². The number of nitrogens with two attached hydrogens (primary N) is 1. The minimum atomic E-state index is -0.198. The zero-order chi connectivity index (χ0) is 14.7. The summed E-state index contributed by atoms with van der Waals surface area (Å²) >= 11 is 7.66. The Hall–Kier alpha value is -0.750. The fraction of sp³-hybridized carbons (Fsp3) is 0.500. The lowest BCUT2D eigenvalue weighted by molar-refractivity contribution is -0.0300. The number of amides is 1. The highest BCUT2D eigenvalue weighted by Crippen LogP contribution is 2.26. The Morgan fingerprint density at radius 2 is 2.35 bits per heavy atom. The van der Waals surface area contributed by atoms with E-state index in [0.717, 1.165) is 11.3 Å². The second kappa shape index (κ2) is 6.80. The molecule has 1 saturated carbocycles. The van der Waals surface area contributed by atoms with Gasteiger partial charge in [0.05, 0.1) is 22.7 Å². The highest BCUT2D eigenvalue weighted by atomic mass is 35.5. The summed E-state index contributed by atoms with van der Waals surface area (Å²) in [5.74, 6) is -0.198. The van der Waals surface area contributed by atoms with Crippen LogP contribution in [0.5, 0.6) is 0 Å². The van der Waals surface area contributed by atoms with E-state index in [1.165, 1.54) is 0 Å². The van der Waals surface area contributed by atoms with Gasteiger partial charge in [-0.2, -0.15) is 0 Å². The molecule has 3 unspecified atom stereocenters. The maximum Gasteiger partial charge on any atom is 0.253 e. The van der Waals surface area contributed by atoms with E-state index >= 15 is 0 Å². The molecule has 0 radical (unpaired) electrons. The summed E-state index contributed by atoms with van der Waals surface area (Å²) in [6.45, 7) is 2.55. The smallest absolute Gasteiger partial charge is 0.253 e. The van der Waals surface area contributed by atoms with Crippen LogP contribution in [0.25, 0.3) is 0 Å². The number of thioether (sulfide) groups is 1. The van der Waals surface area contributed by atoms with Gasteiger partial charge >= 0.3 is 0 Å². The summed E-state index contributed by atoms with van der Waals surface area (Å²) in [4.78, 5) is 13.3. The molecule has 6 heteroatoms. The van der Waals surface area contributed by atoms with Gasteiger partial charge in [0.15, 0.2) is 0 Å². The molecular weight excluding hydrogens is 296 g/mol. The van der Waals surface area contributed by atoms with Crippen LogP contribution in [0.2, 0.25) is 5.02 Å². The van der Waals surface area contributed by atoms with E-state index in [-0.39, 0.29) is 24.1 Å². The van der Waals surface area contributed by atoms with E-state index in [9.17, 15) is 4.79 Å². The van der Waals surface area contributed by atoms with Crippen molar-refractivity contribution in [1.29, 1.82) is 0 Å². The lowest BCUT2D eigenvalue weighted by Gasteiger charge is -2.42. The molecule has 0 aromatic heterocycles. The molecule has 0 spiro atoms. The predicted molar refractivity (Wildman–Crippen MR) is 82.5 cm³/mol. The average molecular weight is 315 g/mol. The van der Waals surface area contributed by atoms with Crippen molar-refractivity contribution in [2.24, 2.45) is 5.73 Å². The summed E-state index contributed by atoms with van der Waals surface area (Å²) in [6, 6.07) is 5.22. The third-order valence-electron chi connectivity index (χ3n) is 3.46. The number of ether oxygens (including phenoxy) is 1. The molecule has 4 nitrogen and oxygen atoms in total. The lowest BCUT2D eigenvalue weighted by atomic mass is 9.83. The van der Waals surface area contributed by atoms with Crippen LogP contribution in [0.1, 0.15) is 23.7 Å². The van der Waals surface area contributed by atoms with Crippen molar-refractivity contribution in [1.82, 2.24) is 5.32 Å². The van der Waals surface area contributed by atoms with Gasteiger partial charge < -0.3 is 15.8 Å². The molecule has 0 heterocycles. The Kier molecular flexibility index (Phi) is 5.32. The Morgan fingerprint density at radius 1 is 1.60 bits per heavy atom. The normalized spacial score (nSPS) is 25.1. The molecular formula is C14H19ClN2O2S. The summed E-state index contributed by atoms with van der Waals surface area (Å²) in [7, 11) is 0. The molecule has 0 bridgehead atoms. The summed E-state index contributed by atoms with van der Waals surface area (Å²) in [6.07, 6.45) is 2.73. The largest absolute Gasteiger partial charge is 0.376 e. The van der Waals surface area contributed by atoms with E-state index in [4.69, 9.17) is 22.1 Å². The fourth-order valence-electron chi connectivity index (χ4n) is 2.26. The molecule has 3 N–H and O–H groups in total. The number of benzene rings is 1. The molecule has 2 rings (SSSR count). The number of nitrogens with one attached hydrogen (secondary N) is 1. The molecule has 1 aromatic rings. The van der Waals surface area contributed by atoms with Crippen LogP contribution in [0, 0.1) is 0 Å². The topological polar surface area (TPSA) is 64.3 Å². The van der Waals surface area contributed by atoms with Gasteiger partial charge in [0.1, 0.15) is 0 Å². The lowest BCUT2D eigenvalue weighted by Crippen LogP contribution is -2.64. The number of hydrogen-bond acceptors (Lipinski definition) is 4. The summed E-state index contributed by atoms with van der Waals surface area (Å²) in [5.41, 5.74) is 6.41. The molecule has 1 aromatic carbocycles. The number of halogens is 1. The first-order chi connectivity index (χ1) is 9.56. The van der Waals surface area contributed by atoms with Crippen LogP contribution in [-0.4, -0.2) is 37.0 Å². The number of carbonyl (C=O) groups excluding carboxylic acids is 1. The van der Waals surface area contributed by atoms with Crippen LogP contribution < -0.4 is 11.1 Å². The van der Waals surface area contributed by atoms with Gasteiger partial charge in [-0.05, 0) is 37.8 Å². The Labute approximate surface area is 128 Å². The van der Waals surface area contributed by atoms with Gasteiger partial charge in [0.2, 0.25) is 0 Å². The first kappa shape index (κ1) is 15.6. The van der Waals surface area contributed by atoms with Crippen molar-refractivity contribution in [3.63, 3.8) is 0 Å². The Balaban J connectivity index is 2.08. The van der Waals surface area contributed by atoms with Crippen LogP contribution in [-0.2, 0) is 4.74 Å².